The van der Waals surface area contributed by atoms with Crippen molar-refractivity contribution in [2.75, 3.05) is 12.4 Å². The first-order valence-electron chi connectivity index (χ1n) is 8.17. The van der Waals surface area contributed by atoms with Crippen molar-refractivity contribution in [2.45, 2.75) is 31.9 Å². The van der Waals surface area contributed by atoms with Crippen molar-refractivity contribution < 1.29 is 13.9 Å². The summed E-state index contributed by atoms with van der Waals surface area (Å²) in [4.78, 5) is 0. The van der Waals surface area contributed by atoms with E-state index >= 15 is 0 Å². The molecule has 0 bridgehead atoms. The largest absolute Gasteiger partial charge is 0.497 e. The van der Waals surface area contributed by atoms with Crippen molar-refractivity contribution in [3.8, 4) is 11.5 Å². The molecule has 4 nitrogen and oxygen atoms in total. The van der Waals surface area contributed by atoms with Crippen LogP contribution in [-0.4, -0.2) is 17.8 Å². The Bertz CT molecular complexity index is 844. The van der Waals surface area contributed by atoms with Crippen LogP contribution in [-0.2, 0) is 0 Å². The molecule has 2 aromatic rings. The van der Waals surface area contributed by atoms with Gasteiger partial charge in [-0.25, -0.2) is 4.39 Å². The molecule has 1 aliphatic rings. The minimum atomic E-state index is -0.377. The first kappa shape index (κ1) is 18.9. The molecule has 2 N–H and O–H groups in total. The second-order valence-electron chi connectivity index (χ2n) is 6.74. The molecule has 0 unspecified atom stereocenters. The van der Waals surface area contributed by atoms with Crippen molar-refractivity contribution in [1.29, 1.82) is 0 Å². The number of benzene rings is 2. The summed E-state index contributed by atoms with van der Waals surface area (Å²) >= 11 is 8.65. The molecule has 0 aromatic heterocycles. The van der Waals surface area contributed by atoms with Gasteiger partial charge in [0.05, 0.1) is 18.8 Å². The number of fused-ring (bicyclic) bond motifs is 1. The molecule has 7 heteroatoms. The van der Waals surface area contributed by atoms with Crippen LogP contribution in [0.1, 0.15) is 31.9 Å². The third-order valence-corrected chi connectivity index (χ3v) is 4.87. The quantitative estimate of drug-likeness (QED) is 0.645. The zero-order valence-corrected chi connectivity index (χ0v) is 17.1. The van der Waals surface area contributed by atoms with Gasteiger partial charge in [0.1, 0.15) is 22.9 Å². The van der Waals surface area contributed by atoms with Crippen LogP contribution in [0.4, 0.5) is 10.1 Å². The summed E-state index contributed by atoms with van der Waals surface area (Å²) in [5.74, 6) is 1.16. The van der Waals surface area contributed by atoms with E-state index in [9.17, 15) is 4.39 Å². The van der Waals surface area contributed by atoms with Crippen LogP contribution in [0.5, 0.6) is 11.5 Å². The highest BCUT2D eigenvalue weighted by Crippen LogP contribution is 2.41. The fourth-order valence-electron chi connectivity index (χ4n) is 3.00. The zero-order valence-electron chi connectivity index (χ0n) is 14.7. The summed E-state index contributed by atoms with van der Waals surface area (Å²) in [6.07, 6.45) is 0.706. The molecule has 0 radical (unpaired) electrons. The van der Waals surface area contributed by atoms with Gasteiger partial charge in [-0.15, -0.1) is 0 Å². The molecule has 0 aliphatic carbocycles. The van der Waals surface area contributed by atoms with Gasteiger partial charge in [0, 0.05) is 16.5 Å². The van der Waals surface area contributed by atoms with Crippen molar-refractivity contribution in [2.24, 2.45) is 0 Å². The van der Waals surface area contributed by atoms with Crippen LogP contribution in [0.15, 0.2) is 40.9 Å². The standard InChI is InChI=1S/C19H20BrFN2O2S/c1-19(2)10-16(13-9-12(24-3)5-7-17(13)25-19)23-18(26)22-15-6-4-11(20)8-14(15)21/h4-9,16H,10H2,1-3H3,(H2,22,23,26)/t16-/m0/s1. The Morgan fingerprint density at radius 2 is 2.08 bits per heavy atom. The Kier molecular flexibility index (Phi) is 5.39. The molecule has 1 aliphatic heterocycles. The van der Waals surface area contributed by atoms with E-state index in [1.807, 2.05) is 32.0 Å². The Labute approximate surface area is 166 Å². The van der Waals surface area contributed by atoms with E-state index < -0.39 is 0 Å². The number of anilines is 1. The van der Waals surface area contributed by atoms with E-state index in [-0.39, 0.29) is 17.5 Å². The SMILES string of the molecule is COc1ccc2c(c1)[C@@H](NC(=S)Nc1ccc(Br)cc1F)CC(C)(C)O2. The van der Waals surface area contributed by atoms with E-state index in [0.717, 1.165) is 17.1 Å². The van der Waals surface area contributed by atoms with Gasteiger partial charge in [-0.1, -0.05) is 15.9 Å². The molecule has 0 amide bonds. The normalized spacial score (nSPS) is 17.7. The van der Waals surface area contributed by atoms with Crippen molar-refractivity contribution in [3.63, 3.8) is 0 Å². The maximum absolute atomic E-state index is 14.0. The van der Waals surface area contributed by atoms with E-state index in [1.54, 1.807) is 19.2 Å². The van der Waals surface area contributed by atoms with Crippen LogP contribution in [0.2, 0.25) is 0 Å². The lowest BCUT2D eigenvalue weighted by molar-refractivity contribution is 0.0695. The third-order valence-electron chi connectivity index (χ3n) is 4.16. The van der Waals surface area contributed by atoms with Gasteiger partial charge in [-0.3, -0.25) is 0 Å². The molecular weight excluding hydrogens is 419 g/mol. The Morgan fingerprint density at radius 1 is 1.31 bits per heavy atom. The molecule has 2 aromatic carbocycles. The third kappa shape index (κ3) is 4.27. The first-order chi connectivity index (χ1) is 12.3. The number of hydrogen-bond donors (Lipinski definition) is 2. The number of nitrogens with one attached hydrogen (secondary N) is 2. The lowest BCUT2D eigenvalue weighted by Crippen LogP contribution is -2.42. The number of thiocarbonyl (C=S) groups is 1. The Morgan fingerprint density at radius 3 is 2.77 bits per heavy atom. The summed E-state index contributed by atoms with van der Waals surface area (Å²) < 4.78 is 26.1. The van der Waals surface area contributed by atoms with E-state index in [1.165, 1.54) is 6.07 Å². The molecule has 1 atom stereocenters. The zero-order chi connectivity index (χ0) is 18.9. The number of rotatable bonds is 3. The minimum Gasteiger partial charge on any atom is -0.497 e. The maximum atomic E-state index is 14.0. The fraction of sp³-hybridized carbons (Fsp3) is 0.316. The van der Waals surface area contributed by atoms with Crippen LogP contribution in [0, 0.1) is 5.82 Å². The molecule has 0 fully saturated rings. The number of halogens is 2. The summed E-state index contributed by atoms with van der Waals surface area (Å²) in [7, 11) is 1.63. The Balaban J connectivity index is 1.81. The molecule has 0 saturated heterocycles. The molecule has 26 heavy (non-hydrogen) atoms. The summed E-state index contributed by atoms with van der Waals surface area (Å²) in [5, 5.41) is 6.55. The fourth-order valence-corrected chi connectivity index (χ4v) is 3.58. The monoisotopic (exact) mass is 438 g/mol. The van der Waals surface area contributed by atoms with Crippen molar-refractivity contribution in [3.05, 3.63) is 52.3 Å². The van der Waals surface area contributed by atoms with Gasteiger partial charge < -0.3 is 20.1 Å². The van der Waals surface area contributed by atoms with Gasteiger partial charge in [-0.05, 0) is 62.5 Å². The lowest BCUT2D eigenvalue weighted by atomic mass is 9.89. The number of methoxy groups -OCH3 is 1. The highest BCUT2D eigenvalue weighted by molar-refractivity contribution is 9.10. The van der Waals surface area contributed by atoms with Gasteiger partial charge in [0.25, 0.3) is 0 Å². The summed E-state index contributed by atoms with van der Waals surface area (Å²) in [6.45, 7) is 4.05. The first-order valence-corrected chi connectivity index (χ1v) is 9.37. The molecule has 0 saturated carbocycles. The van der Waals surface area contributed by atoms with Crippen LogP contribution in [0.3, 0.4) is 0 Å². The van der Waals surface area contributed by atoms with Crippen LogP contribution >= 0.6 is 28.1 Å². The lowest BCUT2D eigenvalue weighted by Gasteiger charge is -2.38. The maximum Gasteiger partial charge on any atom is 0.171 e. The topological polar surface area (TPSA) is 42.5 Å². The average molecular weight is 439 g/mol. The van der Waals surface area contributed by atoms with E-state index in [4.69, 9.17) is 21.7 Å². The predicted octanol–water partition coefficient (Wildman–Crippen LogP) is 5.19. The molecule has 0 spiro atoms. The van der Waals surface area contributed by atoms with Crippen molar-refractivity contribution >= 4 is 38.9 Å². The highest BCUT2D eigenvalue weighted by Gasteiger charge is 2.34. The second kappa shape index (κ2) is 7.40. The second-order valence-corrected chi connectivity index (χ2v) is 8.07. The van der Waals surface area contributed by atoms with Crippen LogP contribution < -0.4 is 20.1 Å². The molecular formula is C19H20BrFN2O2S. The van der Waals surface area contributed by atoms with Crippen LogP contribution in [0.25, 0.3) is 0 Å². The van der Waals surface area contributed by atoms with Gasteiger partial charge in [0.15, 0.2) is 5.11 Å². The molecule has 3 rings (SSSR count). The average Bonchev–Trinajstić information content (AvgIpc) is 2.56. The predicted molar refractivity (Wildman–Crippen MR) is 109 cm³/mol. The summed E-state index contributed by atoms with van der Waals surface area (Å²) in [6, 6.07) is 10.4. The minimum absolute atomic E-state index is 0.0811. The molecule has 138 valence electrons. The molecule has 1 heterocycles. The number of ether oxygens (including phenoxy) is 2. The van der Waals surface area contributed by atoms with Crippen molar-refractivity contribution in [1.82, 2.24) is 5.32 Å². The van der Waals surface area contributed by atoms with Gasteiger partial charge in [0.2, 0.25) is 0 Å². The highest BCUT2D eigenvalue weighted by atomic mass is 79.9. The van der Waals surface area contributed by atoms with Gasteiger partial charge >= 0.3 is 0 Å². The van der Waals surface area contributed by atoms with E-state index in [2.05, 4.69) is 26.6 Å². The smallest absolute Gasteiger partial charge is 0.171 e. The number of hydrogen-bond acceptors (Lipinski definition) is 3. The Hall–Kier alpha value is -1.86. The van der Waals surface area contributed by atoms with Gasteiger partial charge in [-0.2, -0.15) is 0 Å². The summed E-state index contributed by atoms with van der Waals surface area (Å²) in [5.41, 5.74) is 0.935. The van der Waals surface area contributed by atoms with E-state index in [0.29, 0.717) is 21.7 Å².